The first kappa shape index (κ1) is 18.5. The highest BCUT2D eigenvalue weighted by molar-refractivity contribution is 5.99. The summed E-state index contributed by atoms with van der Waals surface area (Å²) in [7, 11) is 0. The highest BCUT2D eigenvalue weighted by Crippen LogP contribution is 2.34. The largest absolute Gasteiger partial charge is 0.421 e. The third-order valence-corrected chi connectivity index (χ3v) is 4.60. The van der Waals surface area contributed by atoms with Crippen molar-refractivity contribution >= 4 is 29.0 Å². The lowest BCUT2D eigenvalue weighted by atomic mass is 10.1. The number of rotatable bonds is 5. The van der Waals surface area contributed by atoms with E-state index in [0.29, 0.717) is 12.3 Å². The number of fused-ring (bicyclic) bond motifs is 1. The number of carbonyl (C=O) groups is 1. The minimum atomic E-state index is -4.57. The van der Waals surface area contributed by atoms with Crippen LogP contribution in [0.15, 0.2) is 24.4 Å². The van der Waals surface area contributed by atoms with Gasteiger partial charge in [-0.05, 0) is 36.6 Å². The molecule has 10 heteroatoms. The smallest absolute Gasteiger partial charge is 0.376 e. The van der Waals surface area contributed by atoms with Gasteiger partial charge in [0.1, 0.15) is 11.4 Å². The fraction of sp³-hybridized carbons (Fsp3) is 0.389. The van der Waals surface area contributed by atoms with Gasteiger partial charge in [-0.1, -0.05) is 0 Å². The molecular weight excluding hydrogens is 375 g/mol. The molecule has 28 heavy (non-hydrogen) atoms. The fourth-order valence-electron chi connectivity index (χ4n) is 3.24. The number of alkyl halides is 3. The third-order valence-electron chi connectivity index (χ3n) is 4.60. The van der Waals surface area contributed by atoms with Crippen molar-refractivity contribution < 1.29 is 22.7 Å². The molecule has 1 saturated heterocycles. The Bertz CT molecular complexity index is 897. The highest BCUT2D eigenvalue weighted by Gasteiger charge is 2.35. The van der Waals surface area contributed by atoms with Gasteiger partial charge in [0.2, 0.25) is 11.9 Å². The maximum absolute atomic E-state index is 13.3. The van der Waals surface area contributed by atoms with Gasteiger partial charge >= 0.3 is 6.18 Å². The Morgan fingerprint density at radius 2 is 2.18 bits per heavy atom. The van der Waals surface area contributed by atoms with E-state index in [-0.39, 0.29) is 36.7 Å². The number of nitrogens with one attached hydrogen (secondary N) is 3. The van der Waals surface area contributed by atoms with E-state index in [2.05, 4.69) is 25.9 Å². The van der Waals surface area contributed by atoms with Gasteiger partial charge in [-0.25, -0.2) is 4.98 Å². The monoisotopic (exact) mass is 393 g/mol. The van der Waals surface area contributed by atoms with Gasteiger partial charge in [-0.15, -0.1) is 0 Å². The molecule has 1 aromatic carbocycles. The lowest BCUT2D eigenvalue weighted by molar-refractivity contribution is -0.137. The number of ether oxygens (including phenoxy) is 1. The number of halogens is 3. The molecule has 4 rings (SSSR count). The van der Waals surface area contributed by atoms with E-state index in [1.54, 1.807) is 18.2 Å². The van der Waals surface area contributed by atoms with E-state index >= 15 is 0 Å². The predicted octanol–water partition coefficient (Wildman–Crippen LogP) is 3.32. The zero-order valence-corrected chi connectivity index (χ0v) is 14.8. The van der Waals surface area contributed by atoms with Gasteiger partial charge < -0.3 is 20.7 Å². The summed E-state index contributed by atoms with van der Waals surface area (Å²) in [5.41, 5.74) is 1.18. The second kappa shape index (κ2) is 7.27. The number of benzene rings is 1. The quantitative estimate of drug-likeness (QED) is 0.722. The topological polar surface area (TPSA) is 88.2 Å². The Kier molecular flexibility index (Phi) is 4.80. The molecule has 2 aromatic rings. The summed E-state index contributed by atoms with van der Waals surface area (Å²) < 4.78 is 45.3. The average molecular weight is 393 g/mol. The molecule has 0 bridgehead atoms. The summed E-state index contributed by atoms with van der Waals surface area (Å²) in [6.45, 7) is 0.858. The van der Waals surface area contributed by atoms with Crippen molar-refractivity contribution in [3.8, 4) is 0 Å². The number of hydrogen-bond acceptors (Lipinski definition) is 6. The molecule has 3 heterocycles. The molecule has 3 N–H and O–H groups in total. The standard InChI is InChI=1S/C18H18F3N5O2/c19-18(20,21)13-9-23-17(26-16(13)22-8-12-2-1-5-28-12)24-11-3-4-14-10(6-11)7-15(27)25-14/h3-4,6,9,12H,1-2,5,7-8H2,(H,25,27)(H2,22,23,24,26). The maximum Gasteiger partial charge on any atom is 0.421 e. The van der Waals surface area contributed by atoms with E-state index < -0.39 is 11.7 Å². The first-order valence-electron chi connectivity index (χ1n) is 8.88. The number of aromatic nitrogens is 2. The Balaban J connectivity index is 1.54. The van der Waals surface area contributed by atoms with Crippen LogP contribution in [-0.2, 0) is 22.1 Å². The molecule has 148 valence electrons. The Morgan fingerprint density at radius 1 is 1.32 bits per heavy atom. The minimum absolute atomic E-state index is 0.0278. The van der Waals surface area contributed by atoms with Crippen molar-refractivity contribution in [3.63, 3.8) is 0 Å². The van der Waals surface area contributed by atoms with Gasteiger partial charge in [0.25, 0.3) is 0 Å². The molecule has 7 nitrogen and oxygen atoms in total. The van der Waals surface area contributed by atoms with Crippen molar-refractivity contribution in [2.75, 3.05) is 29.1 Å². The van der Waals surface area contributed by atoms with E-state index in [0.717, 1.165) is 30.3 Å². The normalized spacial score (nSPS) is 18.7. The summed E-state index contributed by atoms with van der Waals surface area (Å²) in [5.74, 6) is -0.364. The van der Waals surface area contributed by atoms with Gasteiger partial charge in [0.05, 0.1) is 12.5 Å². The summed E-state index contributed by atoms with van der Waals surface area (Å²) in [5, 5.41) is 8.36. The van der Waals surface area contributed by atoms with Crippen LogP contribution < -0.4 is 16.0 Å². The van der Waals surface area contributed by atoms with Crippen LogP contribution in [0.2, 0.25) is 0 Å². The van der Waals surface area contributed by atoms with Crippen LogP contribution in [-0.4, -0.2) is 35.1 Å². The minimum Gasteiger partial charge on any atom is -0.376 e. The number of nitrogens with zero attached hydrogens (tertiary/aromatic N) is 2. The van der Waals surface area contributed by atoms with Crippen LogP contribution in [0, 0.1) is 0 Å². The molecule has 1 aromatic heterocycles. The van der Waals surface area contributed by atoms with E-state index in [9.17, 15) is 18.0 Å². The number of hydrogen-bond donors (Lipinski definition) is 3. The second-order valence-electron chi connectivity index (χ2n) is 6.69. The van der Waals surface area contributed by atoms with Gasteiger partial charge in [0.15, 0.2) is 0 Å². The fourth-order valence-corrected chi connectivity index (χ4v) is 3.24. The lowest BCUT2D eigenvalue weighted by Gasteiger charge is -2.17. The molecule has 1 amide bonds. The molecular formula is C18H18F3N5O2. The number of carbonyl (C=O) groups excluding carboxylic acids is 1. The van der Waals surface area contributed by atoms with Gasteiger partial charge in [0, 0.05) is 30.7 Å². The van der Waals surface area contributed by atoms with Gasteiger partial charge in [-0.3, -0.25) is 4.79 Å². The molecule has 2 aliphatic rings. The molecule has 1 atom stereocenters. The molecule has 0 aliphatic carbocycles. The Hall–Kier alpha value is -2.88. The van der Waals surface area contributed by atoms with Crippen LogP contribution in [0.3, 0.4) is 0 Å². The van der Waals surface area contributed by atoms with Crippen molar-refractivity contribution in [1.82, 2.24) is 9.97 Å². The SMILES string of the molecule is O=C1Cc2cc(Nc3ncc(C(F)(F)F)c(NCC4CCCO4)n3)ccc2N1. The highest BCUT2D eigenvalue weighted by atomic mass is 19.4. The molecule has 1 fully saturated rings. The lowest BCUT2D eigenvalue weighted by Crippen LogP contribution is -2.22. The van der Waals surface area contributed by atoms with E-state index in [1.807, 2.05) is 0 Å². The zero-order chi connectivity index (χ0) is 19.7. The first-order chi connectivity index (χ1) is 13.4. The van der Waals surface area contributed by atoms with Crippen LogP contribution in [0.5, 0.6) is 0 Å². The summed E-state index contributed by atoms with van der Waals surface area (Å²) in [6, 6.07) is 5.17. The molecule has 0 spiro atoms. The van der Waals surface area contributed by atoms with Crippen LogP contribution in [0.1, 0.15) is 24.0 Å². The molecule has 0 saturated carbocycles. The maximum atomic E-state index is 13.3. The predicted molar refractivity (Wildman–Crippen MR) is 96.6 cm³/mol. The third kappa shape index (κ3) is 4.01. The number of anilines is 4. The second-order valence-corrected chi connectivity index (χ2v) is 6.69. The summed E-state index contributed by atoms with van der Waals surface area (Å²) >= 11 is 0. The molecule has 1 unspecified atom stereocenters. The van der Waals surface area contributed by atoms with E-state index in [4.69, 9.17) is 4.74 Å². The van der Waals surface area contributed by atoms with Crippen molar-refractivity contribution in [1.29, 1.82) is 0 Å². The van der Waals surface area contributed by atoms with Gasteiger partial charge in [-0.2, -0.15) is 18.2 Å². The first-order valence-corrected chi connectivity index (χ1v) is 8.88. The Morgan fingerprint density at radius 3 is 2.93 bits per heavy atom. The van der Waals surface area contributed by atoms with Crippen LogP contribution >= 0.6 is 0 Å². The van der Waals surface area contributed by atoms with Crippen molar-refractivity contribution in [2.45, 2.75) is 31.5 Å². The van der Waals surface area contributed by atoms with Crippen LogP contribution in [0.25, 0.3) is 0 Å². The van der Waals surface area contributed by atoms with E-state index in [1.165, 1.54) is 0 Å². The summed E-state index contributed by atoms with van der Waals surface area (Å²) in [4.78, 5) is 19.3. The van der Waals surface area contributed by atoms with Crippen molar-refractivity contribution in [2.24, 2.45) is 0 Å². The zero-order valence-electron chi connectivity index (χ0n) is 14.8. The molecule has 2 aliphatic heterocycles. The Labute approximate surface area is 158 Å². The molecule has 0 radical (unpaired) electrons. The average Bonchev–Trinajstić information content (AvgIpc) is 3.27. The number of amides is 1. The van der Waals surface area contributed by atoms with Crippen LogP contribution in [0.4, 0.5) is 36.3 Å². The van der Waals surface area contributed by atoms with Crippen molar-refractivity contribution in [3.05, 3.63) is 35.5 Å². The summed E-state index contributed by atoms with van der Waals surface area (Å²) in [6.07, 6.45) is -2.00.